The number of methoxy groups -OCH3 is 1. The van der Waals surface area contributed by atoms with Crippen molar-refractivity contribution in [2.45, 2.75) is 13.5 Å². The molecule has 3 aromatic rings. The quantitative estimate of drug-likeness (QED) is 0.431. The molecule has 0 aliphatic carbocycles. The van der Waals surface area contributed by atoms with Gasteiger partial charge >= 0.3 is 0 Å². The van der Waals surface area contributed by atoms with E-state index in [1.165, 1.54) is 0 Å². The lowest BCUT2D eigenvalue weighted by atomic mass is 10.2. The molecule has 0 aliphatic rings. The molecule has 0 atom stereocenters. The third-order valence-corrected chi connectivity index (χ3v) is 4.09. The van der Waals surface area contributed by atoms with Crippen LogP contribution in [0, 0.1) is 0 Å². The van der Waals surface area contributed by atoms with Crippen LogP contribution in [-0.4, -0.2) is 36.7 Å². The summed E-state index contributed by atoms with van der Waals surface area (Å²) in [6, 6.07) is 15.8. The molecule has 0 bridgehead atoms. The summed E-state index contributed by atoms with van der Waals surface area (Å²) < 4.78 is 10.9. The number of aromatic nitrogens is 2. The molecule has 3 N–H and O–H groups in total. The van der Waals surface area contributed by atoms with Crippen LogP contribution in [0.2, 0.25) is 0 Å². The second-order valence-electron chi connectivity index (χ2n) is 5.96. The number of nitrogens with one attached hydrogen (secondary N) is 3. The first-order valence-corrected chi connectivity index (χ1v) is 9.11. The van der Waals surface area contributed by atoms with Crippen molar-refractivity contribution >= 4 is 11.6 Å². The van der Waals surface area contributed by atoms with Gasteiger partial charge in [-0.05, 0) is 24.6 Å². The highest BCUT2D eigenvalue weighted by atomic mass is 16.5. The number of hydrogen-bond donors (Lipinski definition) is 3. The molecular formula is C21H25N5O2. The Labute approximate surface area is 164 Å². The highest BCUT2D eigenvalue weighted by Gasteiger charge is 2.08. The number of imidazole rings is 1. The Balaban J connectivity index is 1.63. The van der Waals surface area contributed by atoms with Crippen molar-refractivity contribution in [3.63, 3.8) is 0 Å². The highest BCUT2D eigenvalue weighted by molar-refractivity contribution is 5.93. The molecule has 0 amide bonds. The zero-order valence-corrected chi connectivity index (χ0v) is 16.3. The summed E-state index contributed by atoms with van der Waals surface area (Å²) in [7, 11) is 3.35. The minimum atomic E-state index is 0.515. The van der Waals surface area contributed by atoms with Crippen LogP contribution in [0.3, 0.4) is 0 Å². The van der Waals surface area contributed by atoms with Gasteiger partial charge in [0.2, 0.25) is 0 Å². The number of benzene rings is 2. The maximum atomic E-state index is 5.62. The van der Waals surface area contributed by atoms with Gasteiger partial charge in [-0.3, -0.25) is 4.99 Å². The van der Waals surface area contributed by atoms with Crippen molar-refractivity contribution in [3.8, 4) is 22.8 Å². The summed E-state index contributed by atoms with van der Waals surface area (Å²) in [5.41, 5.74) is 2.93. The number of hydrogen-bond acceptors (Lipinski definition) is 4. The fourth-order valence-electron chi connectivity index (χ4n) is 2.72. The molecule has 0 spiro atoms. The van der Waals surface area contributed by atoms with Gasteiger partial charge in [-0.25, -0.2) is 4.98 Å². The van der Waals surface area contributed by atoms with E-state index in [4.69, 9.17) is 9.47 Å². The van der Waals surface area contributed by atoms with Crippen molar-refractivity contribution in [3.05, 3.63) is 60.6 Å². The van der Waals surface area contributed by atoms with Crippen LogP contribution in [0.4, 0.5) is 5.69 Å². The maximum absolute atomic E-state index is 5.62. The van der Waals surface area contributed by atoms with Crippen LogP contribution in [0.5, 0.6) is 11.5 Å². The fourth-order valence-corrected chi connectivity index (χ4v) is 2.72. The van der Waals surface area contributed by atoms with E-state index in [-0.39, 0.29) is 0 Å². The zero-order valence-electron chi connectivity index (χ0n) is 16.3. The molecule has 1 heterocycles. The molecule has 0 saturated heterocycles. The number of nitrogens with zero attached hydrogens (tertiary/aromatic N) is 2. The van der Waals surface area contributed by atoms with E-state index >= 15 is 0 Å². The Morgan fingerprint density at radius 2 is 1.96 bits per heavy atom. The van der Waals surface area contributed by atoms with Crippen molar-refractivity contribution in [2.24, 2.45) is 4.99 Å². The van der Waals surface area contributed by atoms with Crippen LogP contribution in [0.1, 0.15) is 12.7 Å². The molecule has 0 saturated carbocycles. The lowest BCUT2D eigenvalue weighted by Gasteiger charge is -2.14. The van der Waals surface area contributed by atoms with E-state index in [0.29, 0.717) is 30.6 Å². The van der Waals surface area contributed by atoms with Crippen molar-refractivity contribution in [2.75, 3.05) is 26.1 Å². The number of H-pyrrole nitrogens is 1. The second-order valence-corrected chi connectivity index (χ2v) is 5.96. The van der Waals surface area contributed by atoms with Gasteiger partial charge in [0, 0.05) is 18.8 Å². The van der Waals surface area contributed by atoms with Gasteiger partial charge in [0.15, 0.2) is 17.5 Å². The average molecular weight is 379 g/mol. The van der Waals surface area contributed by atoms with Gasteiger partial charge in [0.1, 0.15) is 5.82 Å². The molecule has 1 aromatic heterocycles. The van der Waals surface area contributed by atoms with E-state index in [1.807, 2.05) is 61.7 Å². The standard InChI is InChI=1S/C21H25N5O2/c1-4-28-19-12-16(10-11-18(19)27-3)25-21(22-2)24-14-20-23-13-17(26-20)15-8-6-5-7-9-15/h5-13H,4,14H2,1-3H3,(H,23,26)(H2,22,24,25). The summed E-state index contributed by atoms with van der Waals surface area (Å²) >= 11 is 0. The molecule has 7 heteroatoms. The lowest BCUT2D eigenvalue weighted by Crippen LogP contribution is -2.30. The Morgan fingerprint density at radius 3 is 2.68 bits per heavy atom. The number of aromatic amines is 1. The number of guanidine groups is 1. The highest BCUT2D eigenvalue weighted by Crippen LogP contribution is 2.30. The Hall–Kier alpha value is -3.48. The monoisotopic (exact) mass is 379 g/mol. The zero-order chi connectivity index (χ0) is 19.8. The van der Waals surface area contributed by atoms with Crippen LogP contribution < -0.4 is 20.1 Å². The number of anilines is 1. The van der Waals surface area contributed by atoms with Crippen LogP contribution in [-0.2, 0) is 6.54 Å². The first-order valence-electron chi connectivity index (χ1n) is 9.11. The average Bonchev–Trinajstić information content (AvgIpc) is 3.21. The van der Waals surface area contributed by atoms with E-state index in [1.54, 1.807) is 14.2 Å². The van der Waals surface area contributed by atoms with Crippen LogP contribution in [0.15, 0.2) is 59.7 Å². The SMILES string of the molecule is CCOc1cc(NC(=NC)NCc2ncc(-c3ccccc3)[nH]2)ccc1OC. The summed E-state index contributed by atoms with van der Waals surface area (Å²) in [6.45, 7) is 3.02. The predicted molar refractivity (Wildman–Crippen MR) is 112 cm³/mol. The molecule has 146 valence electrons. The van der Waals surface area contributed by atoms with Gasteiger partial charge in [0.05, 0.1) is 32.2 Å². The topological polar surface area (TPSA) is 83.6 Å². The molecular weight excluding hydrogens is 354 g/mol. The van der Waals surface area contributed by atoms with E-state index in [9.17, 15) is 0 Å². The molecule has 0 aliphatic heterocycles. The van der Waals surface area contributed by atoms with Crippen molar-refractivity contribution in [1.29, 1.82) is 0 Å². The van der Waals surface area contributed by atoms with Crippen LogP contribution >= 0.6 is 0 Å². The molecule has 28 heavy (non-hydrogen) atoms. The smallest absolute Gasteiger partial charge is 0.195 e. The van der Waals surface area contributed by atoms with Crippen LogP contribution in [0.25, 0.3) is 11.3 Å². The van der Waals surface area contributed by atoms with Gasteiger partial charge in [-0.2, -0.15) is 0 Å². The largest absolute Gasteiger partial charge is 0.493 e. The van der Waals surface area contributed by atoms with E-state index in [2.05, 4.69) is 25.6 Å². The number of ether oxygens (including phenoxy) is 2. The normalized spacial score (nSPS) is 11.2. The van der Waals surface area contributed by atoms with Gasteiger partial charge < -0.3 is 25.1 Å². The molecule has 0 unspecified atom stereocenters. The third kappa shape index (κ3) is 4.82. The summed E-state index contributed by atoms with van der Waals surface area (Å²) in [5.74, 6) is 2.83. The van der Waals surface area contributed by atoms with Gasteiger partial charge in [-0.1, -0.05) is 30.3 Å². The fraction of sp³-hybridized carbons (Fsp3) is 0.238. The van der Waals surface area contributed by atoms with Gasteiger partial charge in [0.25, 0.3) is 0 Å². The summed E-state index contributed by atoms with van der Waals surface area (Å²) in [5, 5.41) is 6.50. The molecule has 7 nitrogen and oxygen atoms in total. The Bertz CT molecular complexity index is 922. The van der Waals surface area contributed by atoms with Crippen molar-refractivity contribution in [1.82, 2.24) is 15.3 Å². The van der Waals surface area contributed by atoms with Crippen molar-refractivity contribution < 1.29 is 9.47 Å². The van der Waals surface area contributed by atoms with E-state index in [0.717, 1.165) is 22.8 Å². The maximum Gasteiger partial charge on any atom is 0.195 e. The van der Waals surface area contributed by atoms with E-state index < -0.39 is 0 Å². The molecule has 2 aromatic carbocycles. The first-order chi connectivity index (χ1) is 13.7. The minimum Gasteiger partial charge on any atom is -0.493 e. The number of aliphatic imine (C=N–C) groups is 1. The molecule has 0 fully saturated rings. The number of rotatable bonds is 7. The molecule has 3 rings (SSSR count). The first kappa shape index (κ1) is 19.3. The second kappa shape index (κ2) is 9.45. The van der Waals surface area contributed by atoms with Gasteiger partial charge in [-0.15, -0.1) is 0 Å². The lowest BCUT2D eigenvalue weighted by molar-refractivity contribution is 0.311. The Morgan fingerprint density at radius 1 is 1.14 bits per heavy atom. The third-order valence-electron chi connectivity index (χ3n) is 4.09. The molecule has 0 radical (unpaired) electrons. The summed E-state index contributed by atoms with van der Waals surface area (Å²) in [6.07, 6.45) is 1.83. The predicted octanol–water partition coefficient (Wildman–Crippen LogP) is 3.67. The minimum absolute atomic E-state index is 0.515. The Kier molecular flexibility index (Phi) is 6.51. The summed E-state index contributed by atoms with van der Waals surface area (Å²) in [4.78, 5) is 12.0.